The average Bonchev–Trinajstić information content (AvgIpc) is 3.09. The highest BCUT2D eigenvalue weighted by Crippen LogP contribution is 2.21. The number of rotatable bonds is 3. The van der Waals surface area contributed by atoms with Gasteiger partial charge in [0.05, 0.1) is 22.7 Å². The summed E-state index contributed by atoms with van der Waals surface area (Å²) in [6.45, 7) is 1.19. The quantitative estimate of drug-likeness (QED) is 0.947. The molecule has 3 rings (SSSR count). The lowest BCUT2D eigenvalue weighted by molar-refractivity contribution is -0.121. The van der Waals surface area contributed by atoms with Crippen LogP contribution < -0.4 is 5.32 Å². The van der Waals surface area contributed by atoms with Gasteiger partial charge in [0.2, 0.25) is 5.91 Å². The summed E-state index contributed by atoms with van der Waals surface area (Å²) in [5.41, 5.74) is 0.689. The third-order valence-corrected chi connectivity index (χ3v) is 4.60. The molecule has 22 heavy (non-hydrogen) atoms. The van der Waals surface area contributed by atoms with Gasteiger partial charge in [0.25, 0.3) is 5.91 Å². The van der Waals surface area contributed by atoms with Gasteiger partial charge in [-0.05, 0) is 36.4 Å². The minimum absolute atomic E-state index is 0.0221. The molecule has 2 amide bonds. The normalized spacial score (nSPS) is 18.0. The SMILES string of the molecule is O=C(Nc1cccnc1)[C@H]1CCCN(C(=O)c2cccs2)C1. The van der Waals surface area contributed by atoms with Gasteiger partial charge >= 0.3 is 0 Å². The Morgan fingerprint density at radius 3 is 2.95 bits per heavy atom. The second-order valence-electron chi connectivity index (χ2n) is 5.30. The maximum Gasteiger partial charge on any atom is 0.263 e. The zero-order chi connectivity index (χ0) is 15.4. The molecule has 0 saturated carbocycles. The van der Waals surface area contributed by atoms with Crippen LogP contribution in [-0.2, 0) is 4.79 Å². The zero-order valence-corrected chi connectivity index (χ0v) is 12.9. The van der Waals surface area contributed by atoms with Gasteiger partial charge in [-0.15, -0.1) is 11.3 Å². The Kier molecular flexibility index (Phi) is 4.48. The third kappa shape index (κ3) is 3.33. The predicted octanol–water partition coefficient (Wildman–Crippen LogP) is 2.63. The molecule has 1 N–H and O–H groups in total. The first-order chi connectivity index (χ1) is 10.7. The average molecular weight is 315 g/mol. The summed E-state index contributed by atoms with van der Waals surface area (Å²) in [4.78, 5) is 31.2. The fourth-order valence-electron chi connectivity index (χ4n) is 2.61. The minimum Gasteiger partial charge on any atom is -0.337 e. The molecule has 1 saturated heterocycles. The van der Waals surface area contributed by atoms with Crippen molar-refractivity contribution in [1.82, 2.24) is 9.88 Å². The molecule has 0 spiro atoms. The van der Waals surface area contributed by atoms with Crippen LogP contribution in [0.25, 0.3) is 0 Å². The summed E-state index contributed by atoms with van der Waals surface area (Å²) >= 11 is 1.44. The van der Waals surface area contributed by atoms with Gasteiger partial charge < -0.3 is 10.2 Å². The first kappa shape index (κ1) is 14.7. The number of nitrogens with zero attached hydrogens (tertiary/aromatic N) is 2. The Balaban J connectivity index is 1.63. The lowest BCUT2D eigenvalue weighted by Crippen LogP contribution is -2.43. The van der Waals surface area contributed by atoms with E-state index >= 15 is 0 Å². The Labute approximate surface area is 133 Å². The number of amides is 2. The first-order valence-corrected chi connectivity index (χ1v) is 8.15. The van der Waals surface area contributed by atoms with Crippen LogP contribution in [0.15, 0.2) is 42.0 Å². The molecule has 1 aliphatic heterocycles. The van der Waals surface area contributed by atoms with E-state index in [1.165, 1.54) is 11.3 Å². The van der Waals surface area contributed by atoms with Gasteiger partial charge in [-0.2, -0.15) is 0 Å². The predicted molar refractivity (Wildman–Crippen MR) is 85.8 cm³/mol. The second-order valence-corrected chi connectivity index (χ2v) is 6.25. The van der Waals surface area contributed by atoms with E-state index in [0.29, 0.717) is 18.8 Å². The van der Waals surface area contributed by atoms with Crippen molar-refractivity contribution in [2.24, 2.45) is 5.92 Å². The fourth-order valence-corrected chi connectivity index (χ4v) is 3.30. The zero-order valence-electron chi connectivity index (χ0n) is 12.1. The van der Waals surface area contributed by atoms with E-state index in [9.17, 15) is 9.59 Å². The number of nitrogens with one attached hydrogen (secondary N) is 1. The maximum atomic E-state index is 12.4. The summed E-state index contributed by atoms with van der Waals surface area (Å²) < 4.78 is 0. The third-order valence-electron chi connectivity index (χ3n) is 3.74. The summed E-state index contributed by atoms with van der Waals surface area (Å²) in [6, 6.07) is 7.28. The minimum atomic E-state index is -0.169. The lowest BCUT2D eigenvalue weighted by atomic mass is 9.97. The number of hydrogen-bond acceptors (Lipinski definition) is 4. The van der Waals surface area contributed by atoms with Crippen molar-refractivity contribution in [3.63, 3.8) is 0 Å². The lowest BCUT2D eigenvalue weighted by Gasteiger charge is -2.31. The summed E-state index contributed by atoms with van der Waals surface area (Å²) in [5.74, 6) is -0.191. The van der Waals surface area contributed by atoms with Gasteiger partial charge in [-0.1, -0.05) is 6.07 Å². The van der Waals surface area contributed by atoms with E-state index in [1.54, 1.807) is 23.4 Å². The number of aromatic nitrogens is 1. The molecule has 0 radical (unpaired) electrons. The molecule has 0 unspecified atom stereocenters. The van der Waals surface area contributed by atoms with E-state index < -0.39 is 0 Å². The van der Waals surface area contributed by atoms with Crippen molar-refractivity contribution in [2.45, 2.75) is 12.8 Å². The molecule has 6 heteroatoms. The molecule has 0 aromatic carbocycles. The van der Waals surface area contributed by atoms with Crippen LogP contribution in [0.1, 0.15) is 22.5 Å². The van der Waals surface area contributed by atoms with Gasteiger partial charge in [-0.3, -0.25) is 14.6 Å². The largest absolute Gasteiger partial charge is 0.337 e. The molecular weight excluding hydrogens is 298 g/mol. The van der Waals surface area contributed by atoms with Gasteiger partial charge in [-0.25, -0.2) is 0 Å². The molecule has 0 bridgehead atoms. The summed E-state index contributed by atoms with van der Waals surface area (Å²) in [6.07, 6.45) is 4.94. The van der Waals surface area contributed by atoms with Crippen molar-refractivity contribution in [3.8, 4) is 0 Å². The number of piperidine rings is 1. The van der Waals surface area contributed by atoms with Crippen LogP contribution in [0.4, 0.5) is 5.69 Å². The first-order valence-electron chi connectivity index (χ1n) is 7.28. The van der Waals surface area contributed by atoms with Crippen LogP contribution in [0.2, 0.25) is 0 Å². The smallest absolute Gasteiger partial charge is 0.263 e. The molecule has 5 nitrogen and oxygen atoms in total. The highest BCUT2D eigenvalue weighted by molar-refractivity contribution is 7.12. The van der Waals surface area contributed by atoms with Crippen LogP contribution in [-0.4, -0.2) is 34.8 Å². The van der Waals surface area contributed by atoms with E-state index in [4.69, 9.17) is 0 Å². The number of pyridine rings is 1. The van der Waals surface area contributed by atoms with E-state index in [2.05, 4.69) is 10.3 Å². The molecule has 1 aliphatic rings. The Hall–Kier alpha value is -2.21. The second kappa shape index (κ2) is 6.70. The van der Waals surface area contributed by atoms with Crippen molar-refractivity contribution >= 4 is 28.8 Å². The van der Waals surface area contributed by atoms with Gasteiger partial charge in [0, 0.05) is 19.3 Å². The van der Waals surface area contributed by atoms with Crippen molar-refractivity contribution in [3.05, 3.63) is 46.9 Å². The van der Waals surface area contributed by atoms with Crippen molar-refractivity contribution < 1.29 is 9.59 Å². The Morgan fingerprint density at radius 2 is 2.23 bits per heavy atom. The number of anilines is 1. The van der Waals surface area contributed by atoms with Crippen LogP contribution >= 0.6 is 11.3 Å². The molecule has 2 aromatic heterocycles. The number of hydrogen-bond donors (Lipinski definition) is 1. The molecule has 0 aliphatic carbocycles. The maximum absolute atomic E-state index is 12.4. The molecule has 1 fully saturated rings. The Bertz CT molecular complexity index is 643. The van der Waals surface area contributed by atoms with Crippen LogP contribution in [0.5, 0.6) is 0 Å². The molecule has 2 aromatic rings. The highest BCUT2D eigenvalue weighted by atomic mass is 32.1. The number of likely N-dealkylation sites (tertiary alicyclic amines) is 1. The molecular formula is C16H17N3O2S. The summed E-state index contributed by atoms with van der Waals surface area (Å²) in [7, 11) is 0. The van der Waals surface area contributed by atoms with E-state index in [0.717, 1.165) is 17.7 Å². The number of carbonyl (C=O) groups excluding carboxylic acids is 2. The number of thiophene rings is 1. The van der Waals surface area contributed by atoms with Gasteiger partial charge in [0.15, 0.2) is 0 Å². The van der Waals surface area contributed by atoms with Crippen molar-refractivity contribution in [2.75, 3.05) is 18.4 Å². The molecule has 3 heterocycles. The van der Waals surface area contributed by atoms with Crippen LogP contribution in [0.3, 0.4) is 0 Å². The number of carbonyl (C=O) groups is 2. The molecule has 114 valence electrons. The summed E-state index contributed by atoms with van der Waals surface area (Å²) in [5, 5.41) is 4.76. The highest BCUT2D eigenvalue weighted by Gasteiger charge is 2.29. The topological polar surface area (TPSA) is 62.3 Å². The van der Waals surface area contributed by atoms with Crippen LogP contribution in [0, 0.1) is 5.92 Å². The van der Waals surface area contributed by atoms with E-state index in [1.807, 2.05) is 23.6 Å². The van der Waals surface area contributed by atoms with Gasteiger partial charge in [0.1, 0.15) is 0 Å². The fraction of sp³-hybridized carbons (Fsp3) is 0.312. The standard InChI is InChI=1S/C16H17N3O2S/c20-15(18-13-5-1-7-17-10-13)12-4-2-8-19(11-12)16(21)14-6-3-9-22-14/h1,3,5-7,9-10,12H,2,4,8,11H2,(H,18,20)/t12-/m0/s1. The Morgan fingerprint density at radius 1 is 1.32 bits per heavy atom. The molecule has 1 atom stereocenters. The van der Waals surface area contributed by atoms with Crippen molar-refractivity contribution in [1.29, 1.82) is 0 Å². The van der Waals surface area contributed by atoms with E-state index in [-0.39, 0.29) is 17.7 Å². The monoisotopic (exact) mass is 315 g/mol.